The highest BCUT2D eigenvalue weighted by Crippen LogP contribution is 2.73. The molecule has 16 heteroatoms. The van der Waals surface area contributed by atoms with Crippen LogP contribution in [0.2, 0.25) is 0 Å². The van der Waals surface area contributed by atoms with E-state index >= 15 is 0 Å². The molecule has 248 valence electrons. The van der Waals surface area contributed by atoms with Crippen LogP contribution < -0.4 is 20.5 Å². The number of halogens is 3. The summed E-state index contributed by atoms with van der Waals surface area (Å²) in [7, 11) is 1.47. The molecule has 2 amide bonds. The van der Waals surface area contributed by atoms with Crippen LogP contribution in [0.25, 0.3) is 17.2 Å². The zero-order chi connectivity index (χ0) is 33.2. The molecule has 4 aliphatic rings. The van der Waals surface area contributed by atoms with Crippen molar-refractivity contribution in [1.82, 2.24) is 34.4 Å². The minimum atomic E-state index is -4.30. The Labute approximate surface area is 262 Å². The second-order valence-electron chi connectivity index (χ2n) is 13.4. The molecule has 0 atom stereocenters. The molecule has 1 N–H and O–H groups in total. The van der Waals surface area contributed by atoms with Crippen LogP contribution in [0.15, 0.2) is 23.1 Å². The van der Waals surface area contributed by atoms with E-state index in [1.807, 2.05) is 11.8 Å². The van der Waals surface area contributed by atoms with E-state index in [2.05, 4.69) is 20.4 Å². The first kappa shape index (κ1) is 31.6. The van der Waals surface area contributed by atoms with Gasteiger partial charge in [0.2, 0.25) is 17.6 Å². The number of nitrogens with zero attached hydrogens (tertiary/aromatic N) is 7. The largest absolute Gasteiger partial charge is 0.481 e. The number of fused-ring (bicyclic) bond motifs is 1. The van der Waals surface area contributed by atoms with Crippen LogP contribution in [0.3, 0.4) is 0 Å². The molecule has 3 aromatic rings. The number of alkyl halides is 3. The number of anilines is 1. The fraction of sp³-hybridized carbons (Fsp3) is 0.600. The van der Waals surface area contributed by atoms with Gasteiger partial charge in [-0.1, -0.05) is 6.92 Å². The number of amides is 2. The van der Waals surface area contributed by atoms with Gasteiger partial charge in [-0.15, -0.1) is 5.10 Å². The number of hydrogen-bond donors (Lipinski definition) is 1. The Morgan fingerprint density at radius 2 is 1.76 bits per heavy atom. The summed E-state index contributed by atoms with van der Waals surface area (Å²) >= 11 is 0. The Kier molecular flexibility index (Phi) is 7.47. The third-order valence-electron chi connectivity index (χ3n) is 8.95. The van der Waals surface area contributed by atoms with Crippen molar-refractivity contribution in [2.24, 2.45) is 5.41 Å². The van der Waals surface area contributed by atoms with Crippen LogP contribution in [-0.2, 0) is 22.5 Å². The van der Waals surface area contributed by atoms with Crippen molar-refractivity contribution < 1.29 is 32.2 Å². The number of pyridine rings is 1. The topological polar surface area (TPSA) is 136 Å². The number of ether oxygens (including phenoxy) is 2. The van der Waals surface area contributed by atoms with E-state index < -0.39 is 40.3 Å². The number of carbonyl (C=O) groups is 2. The lowest BCUT2D eigenvalue weighted by atomic mass is 9.39. The van der Waals surface area contributed by atoms with Crippen LogP contribution in [-0.4, -0.2) is 91.7 Å². The van der Waals surface area contributed by atoms with E-state index in [9.17, 15) is 27.6 Å². The van der Waals surface area contributed by atoms with Crippen molar-refractivity contribution in [2.75, 3.05) is 38.2 Å². The van der Waals surface area contributed by atoms with Crippen molar-refractivity contribution in [3.05, 3.63) is 34.4 Å². The van der Waals surface area contributed by atoms with Gasteiger partial charge in [0.25, 0.3) is 5.56 Å². The average molecular weight is 647 g/mol. The number of methoxy groups -OCH3 is 1. The molecule has 3 aliphatic carbocycles. The zero-order valence-corrected chi connectivity index (χ0v) is 26.4. The molecular formula is C30H37F3N8O5. The molecule has 0 spiro atoms. The summed E-state index contributed by atoms with van der Waals surface area (Å²) in [6.07, 6.45) is -3.29. The SMILES string of the molecule is CCc1c(N2CCN(C(=O)OC(C)(C)C)CC2)c(=O)n2nc(-c3ccnc(OC)c3)nc2n1CC(=O)NC12CC(C(F)(F)F)(C1)C2. The van der Waals surface area contributed by atoms with Gasteiger partial charge in [0.05, 0.1) is 18.2 Å². The summed E-state index contributed by atoms with van der Waals surface area (Å²) in [4.78, 5) is 52.4. The molecule has 0 aromatic carbocycles. The first-order valence-electron chi connectivity index (χ1n) is 15.2. The van der Waals surface area contributed by atoms with Crippen molar-refractivity contribution in [3.8, 4) is 17.3 Å². The van der Waals surface area contributed by atoms with E-state index in [1.165, 1.54) is 13.3 Å². The molecule has 7 rings (SSSR count). The molecule has 0 unspecified atom stereocenters. The number of nitrogens with one attached hydrogen (secondary N) is 1. The Morgan fingerprint density at radius 3 is 2.35 bits per heavy atom. The quantitative estimate of drug-likeness (QED) is 0.411. The van der Waals surface area contributed by atoms with E-state index in [-0.39, 0.29) is 37.4 Å². The van der Waals surface area contributed by atoms with Gasteiger partial charge in [0, 0.05) is 49.5 Å². The van der Waals surface area contributed by atoms with Gasteiger partial charge in [-0.25, -0.2) is 9.78 Å². The fourth-order valence-electron chi connectivity index (χ4n) is 6.85. The van der Waals surface area contributed by atoms with Crippen LogP contribution in [0.5, 0.6) is 5.88 Å². The number of rotatable bonds is 7. The van der Waals surface area contributed by atoms with Gasteiger partial charge >= 0.3 is 12.3 Å². The summed E-state index contributed by atoms with van der Waals surface area (Å²) in [6, 6.07) is 3.28. The van der Waals surface area contributed by atoms with Crippen LogP contribution in [0, 0.1) is 5.41 Å². The first-order valence-corrected chi connectivity index (χ1v) is 15.2. The monoisotopic (exact) mass is 646 g/mol. The maximum absolute atomic E-state index is 14.1. The first-order chi connectivity index (χ1) is 21.6. The molecule has 46 heavy (non-hydrogen) atoms. The van der Waals surface area contributed by atoms with Gasteiger partial charge in [0.1, 0.15) is 17.8 Å². The number of piperazine rings is 1. The van der Waals surface area contributed by atoms with Gasteiger partial charge in [-0.05, 0) is 52.5 Å². The number of aromatic nitrogens is 5. The lowest BCUT2D eigenvalue weighted by molar-refractivity contribution is -0.337. The minimum Gasteiger partial charge on any atom is -0.481 e. The average Bonchev–Trinajstić information content (AvgIpc) is 3.40. The van der Waals surface area contributed by atoms with E-state index in [4.69, 9.17) is 9.47 Å². The molecule has 1 saturated heterocycles. The van der Waals surface area contributed by atoms with E-state index in [0.29, 0.717) is 55.4 Å². The van der Waals surface area contributed by atoms with Crippen LogP contribution in [0.4, 0.5) is 23.7 Å². The van der Waals surface area contributed by atoms with Gasteiger partial charge in [-0.2, -0.15) is 22.7 Å². The Morgan fingerprint density at radius 1 is 1.09 bits per heavy atom. The van der Waals surface area contributed by atoms with Crippen molar-refractivity contribution in [2.45, 2.75) is 77.2 Å². The summed E-state index contributed by atoms with van der Waals surface area (Å²) in [6.45, 7) is 8.20. The second-order valence-corrected chi connectivity index (χ2v) is 13.4. The van der Waals surface area contributed by atoms with Crippen molar-refractivity contribution in [3.63, 3.8) is 0 Å². The summed E-state index contributed by atoms with van der Waals surface area (Å²) < 4.78 is 53.8. The number of carbonyl (C=O) groups excluding carboxylic acids is 2. The van der Waals surface area contributed by atoms with E-state index in [1.54, 1.807) is 42.4 Å². The highest BCUT2D eigenvalue weighted by molar-refractivity contribution is 5.78. The maximum atomic E-state index is 14.1. The summed E-state index contributed by atoms with van der Waals surface area (Å²) in [5.41, 5.74) is -2.31. The molecule has 3 aromatic heterocycles. The molecule has 2 bridgehead atoms. The fourth-order valence-corrected chi connectivity index (χ4v) is 6.85. The second kappa shape index (κ2) is 10.9. The zero-order valence-electron chi connectivity index (χ0n) is 26.4. The highest BCUT2D eigenvalue weighted by Gasteiger charge is 2.78. The minimum absolute atomic E-state index is 0.114. The molecule has 0 radical (unpaired) electrons. The van der Waals surface area contributed by atoms with Gasteiger partial charge in [-0.3, -0.25) is 9.59 Å². The highest BCUT2D eigenvalue weighted by atomic mass is 19.4. The van der Waals surface area contributed by atoms with Crippen molar-refractivity contribution in [1.29, 1.82) is 0 Å². The van der Waals surface area contributed by atoms with Crippen LogP contribution in [0.1, 0.15) is 52.7 Å². The van der Waals surface area contributed by atoms with Crippen molar-refractivity contribution >= 4 is 23.5 Å². The summed E-state index contributed by atoms with van der Waals surface area (Å²) in [5.74, 6) is 0.154. The molecular weight excluding hydrogens is 609 g/mol. The third kappa shape index (κ3) is 5.40. The predicted molar refractivity (Wildman–Crippen MR) is 160 cm³/mol. The molecule has 4 fully saturated rings. The maximum Gasteiger partial charge on any atom is 0.410 e. The summed E-state index contributed by atoms with van der Waals surface area (Å²) in [5, 5.41) is 7.34. The molecule has 1 aliphatic heterocycles. The molecule has 3 saturated carbocycles. The number of hydrogen-bond acceptors (Lipinski definition) is 9. The Bertz CT molecular complexity index is 1730. The normalized spacial score (nSPS) is 22.7. The van der Waals surface area contributed by atoms with E-state index in [0.717, 1.165) is 4.52 Å². The Hall–Kier alpha value is -4.37. The van der Waals surface area contributed by atoms with Gasteiger partial charge in [0.15, 0.2) is 5.82 Å². The Balaban J connectivity index is 1.34. The molecule has 4 heterocycles. The molecule has 13 nitrogen and oxygen atoms in total. The smallest absolute Gasteiger partial charge is 0.410 e. The lowest BCUT2D eigenvalue weighted by Gasteiger charge is -2.70. The van der Waals surface area contributed by atoms with Crippen LogP contribution >= 0.6 is 0 Å². The van der Waals surface area contributed by atoms with Gasteiger partial charge < -0.3 is 29.2 Å². The standard InChI is InChI=1S/C30H37F3N8O5/c1-6-19-22(38-9-11-39(12-10-38)26(44)46-27(2,3)4)24(43)41-25(35-23(37-41)18-7-8-34-21(13-18)45-5)40(19)14-20(42)36-29-15-28(16-29,17-29)30(31,32)33/h7-8,13H,6,9-12,14-17H2,1-5H3,(H,36,42). The third-order valence-corrected chi connectivity index (χ3v) is 8.95. The predicted octanol–water partition coefficient (Wildman–Crippen LogP) is 3.18. The lowest BCUT2D eigenvalue weighted by Crippen LogP contribution is -2.78.